The van der Waals surface area contributed by atoms with Crippen molar-refractivity contribution in [2.45, 2.75) is 32.1 Å². The van der Waals surface area contributed by atoms with E-state index in [-0.39, 0.29) is 25.2 Å². The summed E-state index contributed by atoms with van der Waals surface area (Å²) in [5.74, 6) is -1.25. The van der Waals surface area contributed by atoms with Crippen LogP contribution in [0.4, 0.5) is 18.9 Å². The molecule has 0 aliphatic rings. The van der Waals surface area contributed by atoms with Crippen molar-refractivity contribution in [2.24, 2.45) is 0 Å². The fourth-order valence-electron chi connectivity index (χ4n) is 4.13. The summed E-state index contributed by atoms with van der Waals surface area (Å²) < 4.78 is 66.2. The zero-order valence-corrected chi connectivity index (χ0v) is 23.4. The minimum atomic E-state index is -4.72. The predicted molar refractivity (Wildman–Crippen MR) is 148 cm³/mol. The molecule has 3 aromatic rings. The van der Waals surface area contributed by atoms with Crippen LogP contribution in [0.15, 0.2) is 78.9 Å². The Hall–Kier alpha value is -3.57. The maximum absolute atomic E-state index is 13.9. The van der Waals surface area contributed by atoms with Crippen molar-refractivity contribution in [2.75, 3.05) is 23.7 Å². The van der Waals surface area contributed by atoms with Gasteiger partial charge in [-0.25, -0.2) is 8.42 Å². The van der Waals surface area contributed by atoms with Crippen LogP contribution in [0, 0.1) is 0 Å². The molecule has 3 rings (SSSR count). The van der Waals surface area contributed by atoms with Crippen LogP contribution in [-0.2, 0) is 38.8 Å². The van der Waals surface area contributed by atoms with Gasteiger partial charge in [0.15, 0.2) is 0 Å². The molecule has 0 spiro atoms. The zero-order valence-electron chi connectivity index (χ0n) is 21.9. The van der Waals surface area contributed by atoms with Gasteiger partial charge in [0.05, 0.1) is 17.5 Å². The number of nitrogens with one attached hydrogen (secondary N) is 1. The van der Waals surface area contributed by atoms with E-state index in [0.29, 0.717) is 21.0 Å². The second kappa shape index (κ2) is 13.2. The standard InChI is InChI=1S/C28H29ClF3N3O4S/c1-3-33-27(37)25(16-20-9-5-4-6-10-20)34(18-21-11-7-13-23(29)15-21)26(36)19-35(40(2,38)39)24-14-8-12-22(17-24)28(30,31)32/h4-15,17,25H,3,16,18-19H2,1-2H3,(H,33,37)/t25-/m1/s1. The summed E-state index contributed by atoms with van der Waals surface area (Å²) in [6.07, 6.45) is -3.81. The molecule has 0 heterocycles. The van der Waals surface area contributed by atoms with Crippen molar-refractivity contribution in [1.29, 1.82) is 0 Å². The molecule has 0 fully saturated rings. The Labute approximate surface area is 236 Å². The molecule has 3 aromatic carbocycles. The Balaban J connectivity index is 2.06. The molecule has 7 nitrogen and oxygen atoms in total. The number of likely N-dealkylation sites (N-methyl/N-ethyl adjacent to an activating group) is 1. The van der Waals surface area contributed by atoms with Gasteiger partial charge in [0, 0.05) is 24.5 Å². The topological polar surface area (TPSA) is 86.8 Å². The van der Waals surface area contributed by atoms with Gasteiger partial charge in [-0.2, -0.15) is 13.2 Å². The number of halogens is 4. The van der Waals surface area contributed by atoms with Crippen LogP contribution in [0.25, 0.3) is 0 Å². The molecular formula is C28H29ClF3N3O4S. The fraction of sp³-hybridized carbons (Fsp3) is 0.286. The highest BCUT2D eigenvalue weighted by Crippen LogP contribution is 2.32. The van der Waals surface area contributed by atoms with E-state index < -0.39 is 46.2 Å². The smallest absolute Gasteiger partial charge is 0.355 e. The molecule has 0 saturated carbocycles. The van der Waals surface area contributed by atoms with E-state index in [2.05, 4.69) is 5.32 Å². The largest absolute Gasteiger partial charge is 0.416 e. The Morgan fingerprint density at radius 2 is 1.60 bits per heavy atom. The van der Waals surface area contributed by atoms with Crippen molar-refractivity contribution >= 4 is 39.1 Å². The Morgan fingerprint density at radius 3 is 2.20 bits per heavy atom. The summed E-state index contributed by atoms with van der Waals surface area (Å²) in [5.41, 5.74) is -0.0640. The van der Waals surface area contributed by atoms with E-state index in [1.165, 1.54) is 11.0 Å². The number of rotatable bonds is 11. The van der Waals surface area contributed by atoms with Gasteiger partial charge in [-0.05, 0) is 48.4 Å². The molecule has 214 valence electrons. The first-order valence-electron chi connectivity index (χ1n) is 12.3. The number of alkyl halides is 3. The van der Waals surface area contributed by atoms with Gasteiger partial charge in [0.1, 0.15) is 12.6 Å². The Morgan fingerprint density at radius 1 is 0.950 bits per heavy atom. The number of hydrogen-bond acceptors (Lipinski definition) is 4. The molecule has 0 saturated heterocycles. The second-order valence-electron chi connectivity index (χ2n) is 9.07. The lowest BCUT2D eigenvalue weighted by Gasteiger charge is -2.33. The fourth-order valence-corrected chi connectivity index (χ4v) is 5.18. The minimum Gasteiger partial charge on any atom is -0.355 e. The highest BCUT2D eigenvalue weighted by molar-refractivity contribution is 7.92. The summed E-state index contributed by atoms with van der Waals surface area (Å²) in [6, 6.07) is 18.2. The van der Waals surface area contributed by atoms with Crippen LogP contribution in [0.2, 0.25) is 5.02 Å². The van der Waals surface area contributed by atoms with Crippen molar-refractivity contribution in [3.8, 4) is 0 Å². The van der Waals surface area contributed by atoms with E-state index in [9.17, 15) is 31.2 Å². The van der Waals surface area contributed by atoms with Gasteiger partial charge in [-0.1, -0.05) is 60.1 Å². The van der Waals surface area contributed by atoms with Gasteiger partial charge in [-0.15, -0.1) is 0 Å². The van der Waals surface area contributed by atoms with Crippen molar-refractivity contribution in [3.63, 3.8) is 0 Å². The zero-order chi connectivity index (χ0) is 29.5. The van der Waals surface area contributed by atoms with Crippen LogP contribution in [-0.4, -0.2) is 50.5 Å². The molecule has 0 aromatic heterocycles. The number of hydrogen-bond donors (Lipinski definition) is 1. The lowest BCUT2D eigenvalue weighted by molar-refractivity contribution is -0.140. The van der Waals surface area contributed by atoms with E-state index in [1.807, 2.05) is 0 Å². The summed E-state index contributed by atoms with van der Waals surface area (Å²) in [7, 11) is -4.21. The van der Waals surface area contributed by atoms with Crippen LogP contribution in [0.1, 0.15) is 23.6 Å². The normalized spacial score (nSPS) is 12.4. The molecule has 12 heteroatoms. The van der Waals surface area contributed by atoms with Crippen LogP contribution in [0.5, 0.6) is 0 Å². The van der Waals surface area contributed by atoms with E-state index in [0.717, 1.165) is 24.0 Å². The lowest BCUT2D eigenvalue weighted by Crippen LogP contribution is -2.53. The van der Waals surface area contributed by atoms with Crippen LogP contribution >= 0.6 is 11.6 Å². The lowest BCUT2D eigenvalue weighted by atomic mass is 10.0. The number of anilines is 1. The average molecular weight is 596 g/mol. The molecule has 2 amide bonds. The van der Waals surface area contributed by atoms with Crippen LogP contribution < -0.4 is 9.62 Å². The van der Waals surface area contributed by atoms with E-state index in [4.69, 9.17) is 11.6 Å². The molecule has 0 unspecified atom stereocenters. The van der Waals surface area contributed by atoms with Crippen LogP contribution in [0.3, 0.4) is 0 Å². The molecule has 1 atom stereocenters. The predicted octanol–water partition coefficient (Wildman–Crippen LogP) is 4.90. The van der Waals surface area contributed by atoms with Crippen molar-refractivity contribution < 1.29 is 31.2 Å². The van der Waals surface area contributed by atoms with E-state index in [1.54, 1.807) is 61.5 Å². The van der Waals surface area contributed by atoms with E-state index >= 15 is 0 Å². The third kappa shape index (κ3) is 8.46. The van der Waals surface area contributed by atoms with Gasteiger partial charge < -0.3 is 10.2 Å². The molecular weight excluding hydrogens is 567 g/mol. The van der Waals surface area contributed by atoms with Gasteiger partial charge in [0.25, 0.3) is 0 Å². The first kappa shape index (κ1) is 31.0. The molecule has 0 radical (unpaired) electrons. The molecule has 0 aliphatic carbocycles. The van der Waals surface area contributed by atoms with Gasteiger partial charge in [0.2, 0.25) is 21.8 Å². The number of benzene rings is 3. The first-order valence-corrected chi connectivity index (χ1v) is 14.5. The molecule has 1 N–H and O–H groups in total. The SMILES string of the molecule is CCNC(=O)[C@@H](Cc1ccccc1)N(Cc1cccc(Cl)c1)C(=O)CN(c1cccc(C(F)(F)F)c1)S(C)(=O)=O. The average Bonchev–Trinajstić information content (AvgIpc) is 2.89. The monoisotopic (exact) mass is 595 g/mol. The number of sulfonamides is 1. The Bertz CT molecular complexity index is 1440. The number of carbonyl (C=O) groups is 2. The second-order valence-corrected chi connectivity index (χ2v) is 11.4. The highest BCUT2D eigenvalue weighted by atomic mass is 35.5. The summed E-state index contributed by atoms with van der Waals surface area (Å²) in [5, 5.41) is 3.11. The van der Waals surface area contributed by atoms with Gasteiger partial charge in [-0.3, -0.25) is 13.9 Å². The summed E-state index contributed by atoms with van der Waals surface area (Å²) in [6.45, 7) is 1.07. The maximum Gasteiger partial charge on any atom is 0.416 e. The summed E-state index contributed by atoms with van der Waals surface area (Å²) in [4.78, 5) is 28.4. The molecule has 40 heavy (non-hydrogen) atoms. The summed E-state index contributed by atoms with van der Waals surface area (Å²) >= 11 is 6.14. The third-order valence-electron chi connectivity index (χ3n) is 6.00. The number of nitrogens with zero attached hydrogens (tertiary/aromatic N) is 2. The number of amides is 2. The van der Waals surface area contributed by atoms with Crippen molar-refractivity contribution in [1.82, 2.24) is 10.2 Å². The number of carbonyl (C=O) groups excluding carboxylic acids is 2. The third-order valence-corrected chi connectivity index (χ3v) is 7.38. The Kier molecular flexibility index (Phi) is 10.2. The van der Waals surface area contributed by atoms with Crippen molar-refractivity contribution in [3.05, 3.63) is 101 Å². The van der Waals surface area contributed by atoms with Gasteiger partial charge >= 0.3 is 6.18 Å². The molecule has 0 aliphatic heterocycles. The molecule has 0 bridgehead atoms. The quantitative estimate of drug-likeness (QED) is 0.342. The maximum atomic E-state index is 13.9. The minimum absolute atomic E-state index is 0.103. The highest BCUT2D eigenvalue weighted by Gasteiger charge is 2.34. The first-order chi connectivity index (χ1) is 18.8.